The van der Waals surface area contributed by atoms with Crippen LogP contribution in [0.2, 0.25) is 0 Å². The van der Waals surface area contributed by atoms with E-state index in [-0.39, 0.29) is 30.5 Å². The Balaban J connectivity index is 1.54. The van der Waals surface area contributed by atoms with Gasteiger partial charge in [-0.3, -0.25) is 9.59 Å². The van der Waals surface area contributed by atoms with Gasteiger partial charge >= 0.3 is 0 Å². The van der Waals surface area contributed by atoms with Crippen LogP contribution in [0.5, 0.6) is 0 Å². The van der Waals surface area contributed by atoms with E-state index in [9.17, 15) is 14.7 Å². The minimum Gasteiger partial charge on any atom is -0.394 e. The first-order valence-corrected chi connectivity index (χ1v) is 10.0. The second-order valence-corrected chi connectivity index (χ2v) is 7.93. The van der Waals surface area contributed by atoms with Gasteiger partial charge in [0.2, 0.25) is 5.91 Å². The number of carbonyl (C=O) groups excluding carboxylic acids is 2. The van der Waals surface area contributed by atoms with Crippen molar-refractivity contribution >= 4 is 11.8 Å². The third-order valence-corrected chi connectivity index (χ3v) is 6.29. The normalized spacial score (nSPS) is 26.1. The summed E-state index contributed by atoms with van der Waals surface area (Å²) in [5.41, 5.74) is 2.11. The summed E-state index contributed by atoms with van der Waals surface area (Å²) in [5, 5.41) is 19.2. The van der Waals surface area contributed by atoms with Gasteiger partial charge in [-0.1, -0.05) is 17.7 Å². The fourth-order valence-corrected chi connectivity index (χ4v) is 4.95. The van der Waals surface area contributed by atoms with Gasteiger partial charge in [-0.2, -0.15) is 5.26 Å². The van der Waals surface area contributed by atoms with Crippen molar-refractivity contribution in [2.75, 3.05) is 13.2 Å². The fourth-order valence-electron chi connectivity index (χ4n) is 4.95. The van der Waals surface area contributed by atoms with Crippen LogP contribution >= 0.6 is 0 Å². The maximum absolute atomic E-state index is 13.1. The molecule has 1 aromatic rings. The van der Waals surface area contributed by atoms with E-state index in [1.807, 2.05) is 4.90 Å². The number of hydrogen-bond acceptors (Lipinski definition) is 4. The Morgan fingerprint density at radius 3 is 2.86 bits per heavy atom. The van der Waals surface area contributed by atoms with E-state index in [1.165, 1.54) is 5.57 Å². The van der Waals surface area contributed by atoms with Crippen LogP contribution in [0, 0.1) is 11.3 Å². The largest absolute Gasteiger partial charge is 0.394 e. The van der Waals surface area contributed by atoms with Gasteiger partial charge < -0.3 is 14.9 Å². The summed E-state index contributed by atoms with van der Waals surface area (Å²) >= 11 is 0. The molecule has 2 saturated heterocycles. The topological polar surface area (TPSA) is 84.6 Å². The van der Waals surface area contributed by atoms with Gasteiger partial charge in [-0.15, -0.1) is 0 Å². The Labute approximate surface area is 165 Å². The van der Waals surface area contributed by atoms with Crippen molar-refractivity contribution in [2.45, 2.75) is 56.7 Å². The van der Waals surface area contributed by atoms with Gasteiger partial charge in [-0.25, -0.2) is 0 Å². The zero-order valence-electron chi connectivity index (χ0n) is 15.9. The molecule has 0 saturated carbocycles. The number of aliphatic hydroxyl groups excluding tert-OH is 1. The number of nitriles is 1. The average molecular weight is 379 g/mol. The Hall–Kier alpha value is -2.65. The highest BCUT2D eigenvalue weighted by molar-refractivity contribution is 5.95. The standard InChI is InChI=1S/C22H25N3O3/c23-12-16-6-3-7-17(10-16)22(28)24-13-18-8-9-19(20(24)14-26)25(18)21(27)11-15-4-1-2-5-15/h3-4,6-7,10,18-20,26H,1-2,5,8-9,11,13-14H2/t18-,19+,20+/m0/s1. The molecule has 4 rings (SSSR count). The minimum absolute atomic E-state index is 0.00500. The summed E-state index contributed by atoms with van der Waals surface area (Å²) in [6.45, 7) is 0.260. The summed E-state index contributed by atoms with van der Waals surface area (Å²) in [5.74, 6) is -0.0590. The smallest absolute Gasteiger partial charge is 0.254 e. The number of nitrogens with zero attached hydrogens (tertiary/aromatic N) is 3. The molecular formula is C22H25N3O3. The van der Waals surface area contributed by atoms with Crippen LogP contribution in [0.15, 0.2) is 35.9 Å². The third kappa shape index (κ3) is 3.31. The lowest BCUT2D eigenvalue weighted by Crippen LogP contribution is -2.63. The number of fused-ring (bicyclic) bond motifs is 2. The Bertz CT molecular complexity index is 857. The molecule has 28 heavy (non-hydrogen) atoms. The van der Waals surface area contributed by atoms with E-state index in [0.29, 0.717) is 24.1 Å². The van der Waals surface area contributed by atoms with Crippen LogP contribution in [-0.4, -0.2) is 58.0 Å². The van der Waals surface area contributed by atoms with Crippen molar-refractivity contribution < 1.29 is 14.7 Å². The third-order valence-electron chi connectivity index (χ3n) is 6.29. The van der Waals surface area contributed by atoms with Crippen LogP contribution in [0.1, 0.15) is 54.4 Å². The highest BCUT2D eigenvalue weighted by Gasteiger charge is 2.49. The molecule has 2 aliphatic heterocycles. The number of aliphatic hydroxyl groups is 1. The van der Waals surface area contributed by atoms with Crippen molar-refractivity contribution in [2.24, 2.45) is 0 Å². The Morgan fingerprint density at radius 1 is 1.29 bits per heavy atom. The highest BCUT2D eigenvalue weighted by atomic mass is 16.3. The molecule has 2 fully saturated rings. The number of amides is 2. The molecule has 3 aliphatic rings. The summed E-state index contributed by atoms with van der Waals surface area (Å²) in [7, 11) is 0. The lowest BCUT2D eigenvalue weighted by Gasteiger charge is -2.46. The molecule has 0 spiro atoms. The van der Waals surface area contributed by atoms with Gasteiger partial charge in [-0.05, 0) is 50.3 Å². The van der Waals surface area contributed by atoms with E-state index < -0.39 is 6.04 Å². The summed E-state index contributed by atoms with van der Waals surface area (Å²) in [6.07, 6.45) is 7.47. The van der Waals surface area contributed by atoms with Crippen molar-refractivity contribution in [1.82, 2.24) is 9.80 Å². The number of allylic oxidation sites excluding steroid dienone is 1. The SMILES string of the molecule is N#Cc1cccc(C(=O)N2C[C@@H]3CC[C@H]([C@H]2CO)N3C(=O)CC2=CCCC2)c1. The first-order valence-electron chi connectivity index (χ1n) is 10.0. The molecule has 6 nitrogen and oxygen atoms in total. The van der Waals surface area contributed by atoms with Crippen LogP contribution in [0.4, 0.5) is 0 Å². The molecule has 6 heteroatoms. The van der Waals surface area contributed by atoms with Gasteiger partial charge in [0.1, 0.15) is 0 Å². The first kappa shape index (κ1) is 18.7. The second-order valence-electron chi connectivity index (χ2n) is 7.93. The van der Waals surface area contributed by atoms with Crippen LogP contribution < -0.4 is 0 Å². The number of rotatable bonds is 4. The molecule has 0 radical (unpaired) electrons. The van der Waals surface area contributed by atoms with E-state index in [1.54, 1.807) is 29.2 Å². The zero-order valence-corrected chi connectivity index (χ0v) is 15.9. The lowest BCUT2D eigenvalue weighted by atomic mass is 10.00. The molecule has 3 atom stereocenters. The van der Waals surface area contributed by atoms with E-state index in [0.717, 1.165) is 32.1 Å². The van der Waals surface area contributed by atoms with Crippen LogP contribution in [-0.2, 0) is 4.79 Å². The molecule has 2 amide bonds. The van der Waals surface area contributed by atoms with Crippen LogP contribution in [0.25, 0.3) is 0 Å². The van der Waals surface area contributed by atoms with Crippen LogP contribution in [0.3, 0.4) is 0 Å². The van der Waals surface area contributed by atoms with Gasteiger partial charge in [0, 0.05) is 24.6 Å². The number of benzene rings is 1. The van der Waals surface area contributed by atoms with E-state index in [4.69, 9.17) is 5.26 Å². The molecule has 1 aliphatic carbocycles. The second kappa shape index (κ2) is 7.76. The molecule has 0 unspecified atom stereocenters. The van der Waals surface area contributed by atoms with E-state index >= 15 is 0 Å². The molecule has 2 heterocycles. The highest BCUT2D eigenvalue weighted by Crippen LogP contribution is 2.36. The minimum atomic E-state index is -0.404. The first-order chi connectivity index (χ1) is 13.6. The number of hydrogen-bond donors (Lipinski definition) is 1. The monoisotopic (exact) mass is 379 g/mol. The lowest BCUT2D eigenvalue weighted by molar-refractivity contribution is -0.138. The molecule has 1 aromatic carbocycles. The quantitative estimate of drug-likeness (QED) is 0.813. The predicted octanol–water partition coefficient (Wildman–Crippen LogP) is 2.23. The number of likely N-dealkylation sites (tertiary alicyclic amines) is 1. The zero-order chi connectivity index (χ0) is 19.7. The number of piperazine rings is 1. The van der Waals surface area contributed by atoms with Gasteiger partial charge in [0.25, 0.3) is 5.91 Å². The summed E-state index contributed by atoms with van der Waals surface area (Å²) < 4.78 is 0. The van der Waals surface area contributed by atoms with Crippen molar-refractivity contribution in [3.8, 4) is 6.07 Å². The van der Waals surface area contributed by atoms with Crippen molar-refractivity contribution in [3.05, 3.63) is 47.0 Å². The molecular weight excluding hydrogens is 354 g/mol. The van der Waals surface area contributed by atoms with Crippen molar-refractivity contribution in [1.29, 1.82) is 5.26 Å². The van der Waals surface area contributed by atoms with E-state index in [2.05, 4.69) is 12.1 Å². The molecule has 146 valence electrons. The Kier molecular flexibility index (Phi) is 5.19. The van der Waals surface area contributed by atoms with Gasteiger partial charge in [0.05, 0.1) is 30.3 Å². The average Bonchev–Trinajstić information content (AvgIpc) is 3.34. The summed E-state index contributed by atoms with van der Waals surface area (Å²) in [6, 6.07) is 8.17. The van der Waals surface area contributed by atoms with Crippen molar-refractivity contribution in [3.63, 3.8) is 0 Å². The molecule has 0 aromatic heterocycles. The molecule has 1 N–H and O–H groups in total. The predicted molar refractivity (Wildman–Crippen MR) is 103 cm³/mol. The maximum atomic E-state index is 13.1. The number of carbonyl (C=O) groups is 2. The fraction of sp³-hybridized carbons (Fsp3) is 0.500. The Morgan fingerprint density at radius 2 is 2.14 bits per heavy atom. The van der Waals surface area contributed by atoms with Gasteiger partial charge in [0.15, 0.2) is 0 Å². The molecule has 2 bridgehead atoms. The maximum Gasteiger partial charge on any atom is 0.254 e. The summed E-state index contributed by atoms with van der Waals surface area (Å²) in [4.78, 5) is 29.7.